The van der Waals surface area contributed by atoms with Gasteiger partial charge in [0.25, 0.3) is 0 Å². The molecule has 5 N–H and O–H groups in total. The molecule has 3 heterocycles. The van der Waals surface area contributed by atoms with E-state index in [4.69, 9.17) is 33.9 Å². The van der Waals surface area contributed by atoms with Crippen molar-refractivity contribution in [3.8, 4) is 11.3 Å². The van der Waals surface area contributed by atoms with Crippen LogP contribution in [0, 0.1) is 10.1 Å². The zero-order valence-electron chi connectivity index (χ0n) is 19.4. The molecule has 1 aliphatic heterocycles. The van der Waals surface area contributed by atoms with Gasteiger partial charge in [0.2, 0.25) is 11.8 Å². The van der Waals surface area contributed by atoms with Gasteiger partial charge in [-0.25, -0.2) is 15.0 Å². The Morgan fingerprint density at radius 2 is 2.03 bits per heavy atom. The molecule has 0 spiro atoms. The summed E-state index contributed by atoms with van der Waals surface area (Å²) in [6, 6.07) is 8.64. The summed E-state index contributed by atoms with van der Waals surface area (Å²) in [4.78, 5) is 23.5. The molecule has 3 aromatic rings. The highest BCUT2D eigenvalue weighted by Crippen LogP contribution is 2.32. The molecule has 1 unspecified atom stereocenters. The number of halogens is 2. The molecule has 10 nitrogen and oxygen atoms in total. The van der Waals surface area contributed by atoms with E-state index < -0.39 is 4.92 Å². The van der Waals surface area contributed by atoms with Crippen molar-refractivity contribution in [3.63, 3.8) is 0 Å². The molecule has 1 aliphatic rings. The Bertz CT molecular complexity index is 1260. The second kappa shape index (κ2) is 12.0. The third-order valence-corrected chi connectivity index (χ3v) is 6.24. The first-order valence-electron chi connectivity index (χ1n) is 11.5. The fourth-order valence-electron chi connectivity index (χ4n) is 3.90. The SMILES string of the molecule is Nc1nc(NCCNc2ncc(/C=C/CC3CCCN3)c(-c3ccc(Cl)cc3Cl)n2)ccc1[N+](=O)[O-]. The predicted octanol–water partition coefficient (Wildman–Crippen LogP) is 5.02. The van der Waals surface area contributed by atoms with Crippen LogP contribution in [0.2, 0.25) is 10.0 Å². The Kier molecular flexibility index (Phi) is 8.52. The maximum atomic E-state index is 10.9. The quantitative estimate of drug-likeness (QED) is 0.162. The molecule has 1 saturated heterocycles. The lowest BCUT2D eigenvalue weighted by Crippen LogP contribution is -2.19. The summed E-state index contributed by atoms with van der Waals surface area (Å²) < 4.78 is 0. The predicted molar refractivity (Wildman–Crippen MR) is 144 cm³/mol. The number of hydrogen-bond acceptors (Lipinski definition) is 9. The van der Waals surface area contributed by atoms with Crippen LogP contribution in [0.4, 0.5) is 23.3 Å². The minimum absolute atomic E-state index is 0.141. The Balaban J connectivity index is 1.45. The van der Waals surface area contributed by atoms with Gasteiger partial charge in [0.1, 0.15) is 5.82 Å². The van der Waals surface area contributed by atoms with E-state index in [1.54, 1.807) is 18.3 Å². The number of nitrogen functional groups attached to an aromatic ring is 1. The van der Waals surface area contributed by atoms with Crippen molar-refractivity contribution < 1.29 is 4.92 Å². The molecule has 12 heteroatoms. The van der Waals surface area contributed by atoms with Crippen molar-refractivity contribution in [1.82, 2.24) is 20.3 Å². The molecule has 36 heavy (non-hydrogen) atoms. The van der Waals surface area contributed by atoms with Gasteiger partial charge in [-0.15, -0.1) is 0 Å². The first-order chi connectivity index (χ1) is 17.4. The summed E-state index contributed by atoms with van der Waals surface area (Å²) in [5, 5.41) is 21.7. The largest absolute Gasteiger partial charge is 0.378 e. The number of pyridine rings is 1. The van der Waals surface area contributed by atoms with Crippen molar-refractivity contribution in [2.24, 2.45) is 0 Å². The van der Waals surface area contributed by atoms with Gasteiger partial charge < -0.3 is 21.7 Å². The fraction of sp³-hybridized carbons (Fsp3) is 0.292. The Morgan fingerprint density at radius 3 is 2.75 bits per heavy atom. The summed E-state index contributed by atoms with van der Waals surface area (Å²) in [5.74, 6) is 0.730. The molecule has 4 rings (SSSR count). The summed E-state index contributed by atoms with van der Waals surface area (Å²) >= 11 is 12.6. The number of benzene rings is 1. The third kappa shape index (κ3) is 6.60. The first kappa shape index (κ1) is 25.6. The van der Waals surface area contributed by atoms with E-state index >= 15 is 0 Å². The highest BCUT2D eigenvalue weighted by Gasteiger charge is 2.15. The fourth-order valence-corrected chi connectivity index (χ4v) is 4.40. The Morgan fingerprint density at radius 1 is 1.19 bits per heavy atom. The monoisotopic (exact) mass is 528 g/mol. The average molecular weight is 529 g/mol. The lowest BCUT2D eigenvalue weighted by molar-refractivity contribution is -0.384. The number of nitrogens with one attached hydrogen (secondary N) is 3. The summed E-state index contributed by atoms with van der Waals surface area (Å²) in [6.45, 7) is 1.99. The summed E-state index contributed by atoms with van der Waals surface area (Å²) in [6.07, 6.45) is 9.23. The third-order valence-electron chi connectivity index (χ3n) is 5.70. The number of rotatable bonds is 10. The Labute approximate surface area is 218 Å². The smallest absolute Gasteiger partial charge is 0.311 e. The molecule has 0 radical (unpaired) electrons. The van der Waals surface area contributed by atoms with Crippen LogP contribution >= 0.6 is 23.2 Å². The molecule has 188 valence electrons. The first-order valence-corrected chi connectivity index (χ1v) is 12.3. The van der Waals surface area contributed by atoms with Gasteiger partial charge in [-0.05, 0) is 50.1 Å². The van der Waals surface area contributed by atoms with Crippen LogP contribution < -0.4 is 21.7 Å². The van der Waals surface area contributed by atoms with E-state index in [0.717, 1.165) is 24.1 Å². The molecule has 1 aromatic carbocycles. The Hall–Kier alpha value is -3.47. The minimum Gasteiger partial charge on any atom is -0.378 e. The van der Waals surface area contributed by atoms with Gasteiger partial charge in [-0.1, -0.05) is 35.4 Å². The van der Waals surface area contributed by atoms with Crippen molar-refractivity contribution in [1.29, 1.82) is 0 Å². The maximum absolute atomic E-state index is 10.9. The highest BCUT2D eigenvalue weighted by molar-refractivity contribution is 6.36. The van der Waals surface area contributed by atoms with Crippen LogP contribution in [0.15, 0.2) is 42.6 Å². The number of aromatic nitrogens is 3. The summed E-state index contributed by atoms with van der Waals surface area (Å²) in [5.41, 5.74) is 7.72. The number of nitrogens with zero attached hydrogens (tertiary/aromatic N) is 4. The number of nitrogens with two attached hydrogens (primary N) is 1. The van der Waals surface area contributed by atoms with Crippen molar-refractivity contribution >= 4 is 52.5 Å². The van der Waals surface area contributed by atoms with Gasteiger partial charge in [0, 0.05) is 47.5 Å². The van der Waals surface area contributed by atoms with Gasteiger partial charge in [-0.3, -0.25) is 10.1 Å². The lowest BCUT2D eigenvalue weighted by Gasteiger charge is -2.12. The number of hydrogen-bond donors (Lipinski definition) is 4. The van der Waals surface area contributed by atoms with E-state index in [1.165, 1.54) is 25.0 Å². The van der Waals surface area contributed by atoms with Crippen LogP contribution in [0.3, 0.4) is 0 Å². The van der Waals surface area contributed by atoms with E-state index in [-0.39, 0.29) is 11.5 Å². The zero-order valence-corrected chi connectivity index (χ0v) is 20.9. The molecule has 2 aromatic heterocycles. The van der Waals surface area contributed by atoms with Gasteiger partial charge in [-0.2, -0.15) is 0 Å². The maximum Gasteiger partial charge on any atom is 0.311 e. The van der Waals surface area contributed by atoms with Crippen molar-refractivity contribution in [2.75, 3.05) is 36.0 Å². The minimum atomic E-state index is -0.569. The molecular weight excluding hydrogens is 503 g/mol. The van der Waals surface area contributed by atoms with Crippen LogP contribution in [0.25, 0.3) is 17.3 Å². The molecule has 0 amide bonds. The standard InChI is InChI=1S/C24H26Cl2N8O2/c25-16-6-7-18(19(26)13-16)22-15(3-1-4-17-5-2-10-28-17)14-31-24(33-22)30-12-11-29-21-9-8-20(34(35)36)23(27)32-21/h1,3,6-9,13-14,17,28H,2,4-5,10-12H2,(H3,27,29,32)(H,30,31,33)/b3-1+. The molecule has 0 saturated carbocycles. The topological polar surface area (TPSA) is 144 Å². The molecule has 1 atom stereocenters. The van der Waals surface area contributed by atoms with E-state index in [0.29, 0.717) is 46.6 Å². The number of nitro groups is 1. The van der Waals surface area contributed by atoms with Crippen LogP contribution in [0.5, 0.6) is 0 Å². The van der Waals surface area contributed by atoms with Crippen molar-refractivity contribution in [3.05, 3.63) is 68.3 Å². The molecule has 1 fully saturated rings. The van der Waals surface area contributed by atoms with Crippen LogP contribution in [-0.2, 0) is 0 Å². The zero-order chi connectivity index (χ0) is 25.5. The van der Waals surface area contributed by atoms with E-state index in [1.807, 2.05) is 12.1 Å². The van der Waals surface area contributed by atoms with Crippen LogP contribution in [0.1, 0.15) is 24.8 Å². The highest BCUT2D eigenvalue weighted by atomic mass is 35.5. The second-order valence-electron chi connectivity index (χ2n) is 8.26. The summed E-state index contributed by atoms with van der Waals surface area (Å²) in [7, 11) is 0. The van der Waals surface area contributed by atoms with Crippen LogP contribution in [-0.4, -0.2) is 45.6 Å². The van der Waals surface area contributed by atoms with E-state index in [2.05, 4.69) is 32.0 Å². The molecule has 0 bridgehead atoms. The normalized spacial score (nSPS) is 15.3. The second-order valence-corrected chi connectivity index (χ2v) is 9.11. The van der Waals surface area contributed by atoms with Gasteiger partial charge in [0.05, 0.1) is 15.6 Å². The van der Waals surface area contributed by atoms with Gasteiger partial charge in [0.15, 0.2) is 0 Å². The van der Waals surface area contributed by atoms with Gasteiger partial charge >= 0.3 is 5.69 Å². The average Bonchev–Trinajstić information content (AvgIpc) is 3.36. The lowest BCUT2D eigenvalue weighted by atomic mass is 10.1. The van der Waals surface area contributed by atoms with Crippen molar-refractivity contribution in [2.45, 2.75) is 25.3 Å². The van der Waals surface area contributed by atoms with E-state index in [9.17, 15) is 10.1 Å². The number of anilines is 3. The molecular formula is C24H26Cl2N8O2. The molecule has 0 aliphatic carbocycles.